The molecule has 6 heteroatoms. The molecule has 1 aromatic rings. The van der Waals surface area contributed by atoms with Crippen molar-refractivity contribution in [2.24, 2.45) is 0 Å². The van der Waals surface area contributed by atoms with Crippen LogP contribution in [0.1, 0.15) is 13.8 Å². The van der Waals surface area contributed by atoms with Gasteiger partial charge in [0.25, 0.3) is 0 Å². The molecule has 0 saturated carbocycles. The van der Waals surface area contributed by atoms with Crippen LogP contribution < -0.4 is 5.69 Å². The molecule has 0 bridgehead atoms. The predicted octanol–water partition coefficient (Wildman–Crippen LogP) is 0.659. The summed E-state index contributed by atoms with van der Waals surface area (Å²) in [6, 6.07) is 0. The Morgan fingerprint density at radius 2 is 2.23 bits per heavy atom. The summed E-state index contributed by atoms with van der Waals surface area (Å²) in [5.41, 5.74) is -0.225. The van der Waals surface area contributed by atoms with Crippen molar-refractivity contribution >= 4 is 12.2 Å². The molecule has 74 valence electrons. The van der Waals surface area contributed by atoms with E-state index in [1.807, 2.05) is 13.8 Å². The van der Waals surface area contributed by atoms with Gasteiger partial charge in [-0.2, -0.15) is 0 Å². The van der Waals surface area contributed by atoms with Crippen molar-refractivity contribution in [3.05, 3.63) is 15.3 Å². The van der Waals surface area contributed by atoms with Crippen molar-refractivity contribution in [1.82, 2.24) is 14.8 Å². The van der Waals surface area contributed by atoms with Gasteiger partial charge in [0.1, 0.15) is 0 Å². The van der Waals surface area contributed by atoms with Crippen molar-refractivity contribution < 1.29 is 4.74 Å². The summed E-state index contributed by atoms with van der Waals surface area (Å²) in [5, 5.41) is 4.96. The lowest BCUT2D eigenvalue weighted by Crippen LogP contribution is -2.20. The Labute approximate surface area is 80.7 Å². The average Bonchev–Trinajstić information content (AvgIpc) is 2.34. The van der Waals surface area contributed by atoms with Crippen LogP contribution in [0.2, 0.25) is 0 Å². The SMILES string of the molecule is CC(C)OCCn1c(=O)[nH][nH]c1=S. The monoisotopic (exact) mass is 203 g/mol. The minimum absolute atomic E-state index is 0.173. The zero-order valence-corrected chi connectivity index (χ0v) is 8.48. The summed E-state index contributed by atoms with van der Waals surface area (Å²) in [6.07, 6.45) is 0.173. The van der Waals surface area contributed by atoms with E-state index in [2.05, 4.69) is 10.2 Å². The number of hydrogen-bond donors (Lipinski definition) is 2. The number of nitrogens with zero attached hydrogens (tertiary/aromatic N) is 1. The molecule has 1 heterocycles. The van der Waals surface area contributed by atoms with Gasteiger partial charge in [0.15, 0.2) is 4.77 Å². The second-order valence-corrected chi connectivity index (χ2v) is 3.32. The Morgan fingerprint density at radius 3 is 2.69 bits per heavy atom. The second-order valence-electron chi connectivity index (χ2n) is 2.93. The molecule has 2 N–H and O–H groups in total. The molecule has 1 aromatic heterocycles. The van der Waals surface area contributed by atoms with Gasteiger partial charge in [-0.1, -0.05) is 0 Å². The van der Waals surface area contributed by atoms with Crippen molar-refractivity contribution in [2.45, 2.75) is 26.5 Å². The number of aromatic amines is 2. The average molecular weight is 203 g/mol. The highest BCUT2D eigenvalue weighted by atomic mass is 32.1. The van der Waals surface area contributed by atoms with Crippen LogP contribution in [0.15, 0.2) is 4.79 Å². The van der Waals surface area contributed by atoms with Gasteiger partial charge in [-0.15, -0.1) is 0 Å². The lowest BCUT2D eigenvalue weighted by atomic mass is 10.5. The number of aromatic nitrogens is 3. The van der Waals surface area contributed by atoms with Gasteiger partial charge in [0.2, 0.25) is 0 Å². The highest BCUT2D eigenvalue weighted by Gasteiger charge is 1.99. The van der Waals surface area contributed by atoms with E-state index in [1.165, 1.54) is 4.57 Å². The summed E-state index contributed by atoms with van der Waals surface area (Å²) >= 11 is 4.87. The number of nitrogens with one attached hydrogen (secondary N) is 2. The van der Waals surface area contributed by atoms with E-state index in [1.54, 1.807) is 0 Å². The lowest BCUT2D eigenvalue weighted by Gasteiger charge is -2.06. The largest absolute Gasteiger partial charge is 0.377 e. The third-order valence-corrected chi connectivity index (χ3v) is 1.86. The maximum Gasteiger partial charge on any atom is 0.342 e. The van der Waals surface area contributed by atoms with Gasteiger partial charge in [0, 0.05) is 0 Å². The number of H-pyrrole nitrogens is 2. The fraction of sp³-hybridized carbons (Fsp3) is 0.714. The third-order valence-electron chi connectivity index (χ3n) is 1.53. The summed E-state index contributed by atoms with van der Waals surface area (Å²) < 4.78 is 7.12. The molecule has 0 saturated heterocycles. The molecule has 0 spiro atoms. The van der Waals surface area contributed by atoms with Gasteiger partial charge >= 0.3 is 5.69 Å². The standard InChI is InChI=1S/C7H13N3O2S/c1-5(2)12-4-3-10-6(11)8-9-7(10)13/h5H,3-4H2,1-2H3,(H,8,11)(H,9,13). The molecule has 1 rings (SSSR count). The Kier molecular flexibility index (Phi) is 3.44. The summed E-state index contributed by atoms with van der Waals surface area (Å²) in [4.78, 5) is 11.1. The molecule has 0 amide bonds. The van der Waals surface area contributed by atoms with Gasteiger partial charge in [-0.05, 0) is 26.1 Å². The molecule has 0 aliphatic rings. The minimum Gasteiger partial charge on any atom is -0.377 e. The third kappa shape index (κ3) is 2.82. The summed E-state index contributed by atoms with van der Waals surface area (Å²) in [5.74, 6) is 0. The van der Waals surface area contributed by atoms with Crippen molar-refractivity contribution in [2.75, 3.05) is 6.61 Å². The Balaban J connectivity index is 2.55. The molecule has 0 atom stereocenters. The molecule has 0 aliphatic carbocycles. The highest BCUT2D eigenvalue weighted by molar-refractivity contribution is 7.71. The minimum atomic E-state index is -0.225. The molecular weight excluding hydrogens is 190 g/mol. The van der Waals surface area contributed by atoms with E-state index in [0.29, 0.717) is 17.9 Å². The van der Waals surface area contributed by atoms with Gasteiger partial charge in [0.05, 0.1) is 19.3 Å². The molecule has 5 nitrogen and oxygen atoms in total. The van der Waals surface area contributed by atoms with E-state index >= 15 is 0 Å². The lowest BCUT2D eigenvalue weighted by molar-refractivity contribution is 0.0721. The molecule has 13 heavy (non-hydrogen) atoms. The van der Waals surface area contributed by atoms with E-state index in [0.717, 1.165) is 0 Å². The van der Waals surface area contributed by atoms with Crippen molar-refractivity contribution in [3.63, 3.8) is 0 Å². The number of hydrogen-bond acceptors (Lipinski definition) is 3. The van der Waals surface area contributed by atoms with Gasteiger partial charge < -0.3 is 4.74 Å². The first-order valence-electron chi connectivity index (χ1n) is 4.10. The molecule has 0 unspecified atom stereocenters. The van der Waals surface area contributed by atoms with Crippen LogP contribution in [0.4, 0.5) is 0 Å². The summed E-state index contributed by atoms with van der Waals surface area (Å²) in [6.45, 7) is 4.87. The van der Waals surface area contributed by atoms with Crippen molar-refractivity contribution in [1.29, 1.82) is 0 Å². The highest BCUT2D eigenvalue weighted by Crippen LogP contribution is 1.89. The zero-order chi connectivity index (χ0) is 9.84. The van der Waals surface area contributed by atoms with Crippen LogP contribution in [0.25, 0.3) is 0 Å². The van der Waals surface area contributed by atoms with E-state index in [9.17, 15) is 4.79 Å². The fourth-order valence-corrected chi connectivity index (χ4v) is 1.14. The van der Waals surface area contributed by atoms with E-state index in [4.69, 9.17) is 17.0 Å². The van der Waals surface area contributed by atoms with Crippen LogP contribution in [-0.2, 0) is 11.3 Å². The fourth-order valence-electron chi connectivity index (χ4n) is 0.917. The maximum atomic E-state index is 11.1. The Hall–Kier alpha value is -0.880. The van der Waals surface area contributed by atoms with E-state index in [-0.39, 0.29) is 11.8 Å². The first-order valence-corrected chi connectivity index (χ1v) is 4.51. The van der Waals surface area contributed by atoms with Crippen LogP contribution in [0.5, 0.6) is 0 Å². The Bertz CT molecular complexity index is 335. The quantitative estimate of drug-likeness (QED) is 0.707. The first kappa shape index (κ1) is 10.2. The molecule has 0 aromatic carbocycles. The maximum absolute atomic E-state index is 11.1. The van der Waals surface area contributed by atoms with Crippen LogP contribution in [0, 0.1) is 4.77 Å². The second kappa shape index (κ2) is 4.38. The van der Waals surface area contributed by atoms with E-state index < -0.39 is 0 Å². The normalized spacial score (nSPS) is 11.0. The first-order chi connectivity index (χ1) is 6.11. The molecule has 0 fully saturated rings. The predicted molar refractivity (Wildman–Crippen MR) is 51.3 cm³/mol. The zero-order valence-electron chi connectivity index (χ0n) is 7.66. The Morgan fingerprint density at radius 1 is 1.54 bits per heavy atom. The molecular formula is C7H13N3O2S. The van der Waals surface area contributed by atoms with Crippen LogP contribution in [-0.4, -0.2) is 27.5 Å². The topological polar surface area (TPSA) is 62.8 Å². The number of ether oxygens (including phenoxy) is 1. The van der Waals surface area contributed by atoms with Crippen molar-refractivity contribution in [3.8, 4) is 0 Å². The summed E-state index contributed by atoms with van der Waals surface area (Å²) in [7, 11) is 0. The van der Waals surface area contributed by atoms with Gasteiger partial charge in [-0.25, -0.2) is 9.89 Å². The van der Waals surface area contributed by atoms with Crippen LogP contribution >= 0.6 is 12.2 Å². The smallest absolute Gasteiger partial charge is 0.342 e. The number of rotatable bonds is 4. The molecule has 0 radical (unpaired) electrons. The molecule has 0 aliphatic heterocycles. The van der Waals surface area contributed by atoms with Crippen LogP contribution in [0.3, 0.4) is 0 Å². The van der Waals surface area contributed by atoms with Gasteiger partial charge in [-0.3, -0.25) is 9.67 Å².